The van der Waals surface area contributed by atoms with Crippen molar-refractivity contribution in [3.63, 3.8) is 0 Å². The summed E-state index contributed by atoms with van der Waals surface area (Å²) in [5.41, 5.74) is 11.0. The standard InChI is InChI=1S/C28H36N4O/c1-4-21-18-19(2)8-15-25(21)32-27(24-13-11-23(12-14-24)22-9-10-22)20(3)26(29-32)28(33)30-31-16-6-5-7-17-31/h8,11-14,18,22,25H,4-7,9-10,15-17H2,1-3H3,(H,30,33). The van der Waals surface area contributed by atoms with Gasteiger partial charge in [-0.05, 0) is 69.4 Å². The maximum absolute atomic E-state index is 13.3. The van der Waals surface area contributed by atoms with Gasteiger partial charge in [0.1, 0.15) is 0 Å². The van der Waals surface area contributed by atoms with Gasteiger partial charge in [-0.25, -0.2) is 5.01 Å². The Kier molecular flexibility index (Phi) is 6.24. The number of hydrogen-bond donors (Lipinski definition) is 1. The number of nitrogens with zero attached hydrogens (tertiary/aromatic N) is 3. The maximum atomic E-state index is 13.3. The van der Waals surface area contributed by atoms with Gasteiger partial charge in [0.15, 0.2) is 5.69 Å². The predicted octanol–water partition coefficient (Wildman–Crippen LogP) is 6.09. The largest absolute Gasteiger partial charge is 0.286 e. The molecule has 174 valence electrons. The average molecular weight is 445 g/mol. The van der Waals surface area contributed by atoms with E-state index in [0.717, 1.165) is 61.5 Å². The van der Waals surface area contributed by atoms with Crippen LogP contribution in [0.1, 0.15) is 92.4 Å². The van der Waals surface area contributed by atoms with E-state index in [0.29, 0.717) is 5.69 Å². The van der Waals surface area contributed by atoms with Crippen LogP contribution in [-0.4, -0.2) is 33.8 Å². The predicted molar refractivity (Wildman–Crippen MR) is 133 cm³/mol. The highest BCUT2D eigenvalue weighted by Gasteiger charge is 2.29. The van der Waals surface area contributed by atoms with Crippen LogP contribution in [0.4, 0.5) is 0 Å². The molecule has 5 nitrogen and oxygen atoms in total. The van der Waals surface area contributed by atoms with Gasteiger partial charge in [0.2, 0.25) is 0 Å². The first-order valence-corrected chi connectivity index (χ1v) is 12.7. The van der Waals surface area contributed by atoms with Gasteiger partial charge in [0.25, 0.3) is 5.91 Å². The van der Waals surface area contributed by atoms with Crippen molar-refractivity contribution in [1.29, 1.82) is 0 Å². The molecule has 0 bridgehead atoms. The van der Waals surface area contributed by atoms with Crippen LogP contribution in [0.2, 0.25) is 0 Å². The van der Waals surface area contributed by atoms with Crippen LogP contribution in [0.5, 0.6) is 0 Å². The Morgan fingerprint density at radius 3 is 2.48 bits per heavy atom. The van der Waals surface area contributed by atoms with Crippen LogP contribution in [0.15, 0.2) is 47.6 Å². The first-order chi connectivity index (χ1) is 16.0. The van der Waals surface area contributed by atoms with Gasteiger partial charge in [-0.3, -0.25) is 14.9 Å². The molecule has 5 rings (SSSR count). The van der Waals surface area contributed by atoms with Gasteiger partial charge < -0.3 is 0 Å². The molecule has 2 heterocycles. The van der Waals surface area contributed by atoms with Crippen molar-refractivity contribution < 1.29 is 4.79 Å². The van der Waals surface area contributed by atoms with Gasteiger partial charge in [-0.1, -0.05) is 55.3 Å². The Hall–Kier alpha value is -2.66. The molecule has 33 heavy (non-hydrogen) atoms. The zero-order valence-corrected chi connectivity index (χ0v) is 20.2. The molecule has 1 aliphatic heterocycles. The van der Waals surface area contributed by atoms with E-state index in [1.807, 2.05) is 0 Å². The summed E-state index contributed by atoms with van der Waals surface area (Å²) in [5, 5.41) is 7.03. The van der Waals surface area contributed by atoms with E-state index in [9.17, 15) is 4.79 Å². The molecule has 1 aromatic carbocycles. The third-order valence-electron chi connectivity index (χ3n) is 7.42. The number of rotatable bonds is 6. The lowest BCUT2D eigenvalue weighted by atomic mass is 9.92. The molecule has 1 N–H and O–H groups in total. The topological polar surface area (TPSA) is 50.2 Å². The summed E-state index contributed by atoms with van der Waals surface area (Å²) in [6, 6.07) is 9.11. The molecule has 1 unspecified atom stereocenters. The SMILES string of the molecule is CCC1=CC(C)=CCC1n1nc(C(=O)NN2CCCCC2)c(C)c1-c1ccc(C2CC2)cc1. The van der Waals surface area contributed by atoms with E-state index < -0.39 is 0 Å². The Morgan fingerprint density at radius 2 is 1.82 bits per heavy atom. The van der Waals surface area contributed by atoms with Gasteiger partial charge in [-0.2, -0.15) is 5.10 Å². The molecule has 0 radical (unpaired) electrons. The summed E-state index contributed by atoms with van der Waals surface area (Å²) >= 11 is 0. The van der Waals surface area contributed by atoms with Crippen molar-refractivity contribution in [2.45, 2.75) is 77.7 Å². The van der Waals surface area contributed by atoms with Gasteiger partial charge in [0.05, 0.1) is 11.7 Å². The molecule has 5 heteroatoms. The Bertz CT molecular complexity index is 1080. The molecular formula is C28H36N4O. The van der Waals surface area contributed by atoms with Gasteiger partial charge in [-0.15, -0.1) is 0 Å². The summed E-state index contributed by atoms with van der Waals surface area (Å²) in [5.74, 6) is 0.644. The number of aromatic nitrogens is 2. The smallest absolute Gasteiger partial charge is 0.283 e. The first-order valence-electron chi connectivity index (χ1n) is 12.7. The third kappa shape index (κ3) is 4.56. The second-order valence-corrected chi connectivity index (χ2v) is 9.92. The zero-order chi connectivity index (χ0) is 22.9. The van der Waals surface area contributed by atoms with Crippen LogP contribution < -0.4 is 5.43 Å². The molecule has 1 amide bonds. The fourth-order valence-electron chi connectivity index (χ4n) is 5.33. The second-order valence-electron chi connectivity index (χ2n) is 9.92. The molecule has 0 spiro atoms. The van der Waals surface area contributed by atoms with E-state index in [1.54, 1.807) is 0 Å². The summed E-state index contributed by atoms with van der Waals surface area (Å²) in [4.78, 5) is 13.3. The normalized spacial score (nSPS) is 21.5. The summed E-state index contributed by atoms with van der Waals surface area (Å²) in [7, 11) is 0. The van der Waals surface area contributed by atoms with Crippen molar-refractivity contribution in [3.05, 3.63) is 64.4 Å². The summed E-state index contributed by atoms with van der Waals surface area (Å²) in [6.07, 6.45) is 12.6. The number of carbonyl (C=O) groups excluding carboxylic acids is 1. The Balaban J connectivity index is 1.53. The number of benzene rings is 1. The molecule has 2 aromatic rings. The zero-order valence-electron chi connectivity index (χ0n) is 20.2. The van der Waals surface area contributed by atoms with Crippen molar-refractivity contribution in [1.82, 2.24) is 20.2 Å². The maximum Gasteiger partial charge on any atom is 0.286 e. The number of amides is 1. The lowest BCUT2D eigenvalue weighted by Crippen LogP contribution is -2.45. The van der Waals surface area contributed by atoms with Crippen LogP contribution in [0.3, 0.4) is 0 Å². The minimum atomic E-state index is -0.0893. The van der Waals surface area contributed by atoms with Gasteiger partial charge >= 0.3 is 0 Å². The molecule has 1 aromatic heterocycles. The van der Waals surface area contributed by atoms with E-state index in [2.05, 4.69) is 72.3 Å². The Labute approximate surface area is 197 Å². The fourth-order valence-corrected chi connectivity index (χ4v) is 5.33. The van der Waals surface area contributed by atoms with E-state index in [-0.39, 0.29) is 11.9 Å². The van der Waals surface area contributed by atoms with E-state index >= 15 is 0 Å². The number of hydrazine groups is 1. The summed E-state index contributed by atoms with van der Waals surface area (Å²) < 4.78 is 2.13. The molecular weight excluding hydrogens is 408 g/mol. The Morgan fingerprint density at radius 1 is 1.09 bits per heavy atom. The lowest BCUT2D eigenvalue weighted by molar-refractivity contribution is 0.0743. The van der Waals surface area contributed by atoms with E-state index in [4.69, 9.17) is 5.10 Å². The number of allylic oxidation sites excluding steroid dienone is 4. The molecule has 2 aliphatic carbocycles. The van der Waals surface area contributed by atoms with Crippen molar-refractivity contribution >= 4 is 5.91 Å². The van der Waals surface area contributed by atoms with Gasteiger partial charge in [0, 0.05) is 24.2 Å². The fraction of sp³-hybridized carbons (Fsp3) is 0.500. The third-order valence-corrected chi connectivity index (χ3v) is 7.42. The van der Waals surface area contributed by atoms with Crippen LogP contribution in [-0.2, 0) is 0 Å². The lowest BCUT2D eigenvalue weighted by Gasteiger charge is -2.26. The number of nitrogens with one attached hydrogen (secondary N) is 1. The summed E-state index contributed by atoms with van der Waals surface area (Å²) in [6.45, 7) is 8.25. The molecule has 1 saturated heterocycles. The van der Waals surface area contributed by atoms with Crippen molar-refractivity contribution in [2.75, 3.05) is 13.1 Å². The molecule has 3 aliphatic rings. The minimum Gasteiger partial charge on any atom is -0.283 e. The number of hydrogen-bond acceptors (Lipinski definition) is 3. The van der Waals surface area contributed by atoms with Crippen LogP contribution in [0.25, 0.3) is 11.3 Å². The quantitative estimate of drug-likeness (QED) is 0.586. The monoisotopic (exact) mass is 444 g/mol. The highest BCUT2D eigenvalue weighted by molar-refractivity contribution is 5.95. The highest BCUT2D eigenvalue weighted by atomic mass is 16.2. The average Bonchev–Trinajstić information content (AvgIpc) is 3.62. The number of piperidine rings is 1. The minimum absolute atomic E-state index is 0.0893. The number of carbonyl (C=O) groups is 1. The molecule has 2 fully saturated rings. The van der Waals surface area contributed by atoms with Crippen LogP contribution in [0, 0.1) is 6.92 Å². The van der Waals surface area contributed by atoms with E-state index in [1.165, 1.54) is 36.0 Å². The van der Waals surface area contributed by atoms with Crippen molar-refractivity contribution in [2.24, 2.45) is 0 Å². The van der Waals surface area contributed by atoms with Crippen molar-refractivity contribution in [3.8, 4) is 11.3 Å². The van der Waals surface area contributed by atoms with Crippen LogP contribution >= 0.6 is 0 Å². The highest BCUT2D eigenvalue weighted by Crippen LogP contribution is 2.41. The molecule has 1 saturated carbocycles. The molecule has 1 atom stereocenters. The first kappa shape index (κ1) is 22.1. The second kappa shape index (κ2) is 9.30.